The van der Waals surface area contributed by atoms with E-state index in [1.165, 1.54) is 12.8 Å². The van der Waals surface area contributed by atoms with Gasteiger partial charge >= 0.3 is 5.97 Å². The van der Waals surface area contributed by atoms with Crippen molar-refractivity contribution in [3.8, 4) is 0 Å². The van der Waals surface area contributed by atoms with E-state index in [-0.39, 0.29) is 5.97 Å². The van der Waals surface area contributed by atoms with E-state index in [1.807, 2.05) is 32.9 Å². The molecule has 0 amide bonds. The number of carbonyl (C=O) groups is 1. The topological polar surface area (TPSA) is 55.6 Å². The third kappa shape index (κ3) is 4.15. The summed E-state index contributed by atoms with van der Waals surface area (Å²) in [6.07, 6.45) is 2.33. The summed E-state index contributed by atoms with van der Waals surface area (Å²) >= 11 is 0. The molecule has 122 valence electrons. The van der Waals surface area contributed by atoms with E-state index in [0.717, 1.165) is 18.8 Å². The van der Waals surface area contributed by atoms with Gasteiger partial charge in [-0.1, -0.05) is 13.8 Å². The van der Waals surface area contributed by atoms with Crippen molar-refractivity contribution in [3.63, 3.8) is 0 Å². The number of nitrogens with zero attached hydrogens (tertiary/aromatic N) is 1. The van der Waals surface area contributed by atoms with Crippen LogP contribution in [0.1, 0.15) is 57.8 Å². The zero-order valence-corrected chi connectivity index (χ0v) is 14.4. The smallest absolute Gasteiger partial charge is 0.340 e. The summed E-state index contributed by atoms with van der Waals surface area (Å²) in [4.78, 5) is 14.5. The summed E-state index contributed by atoms with van der Waals surface area (Å²) in [6, 6.07) is 5.63. The van der Waals surface area contributed by atoms with Gasteiger partial charge in [0.1, 0.15) is 5.60 Å². The van der Waals surface area contributed by atoms with Crippen molar-refractivity contribution in [2.45, 2.75) is 53.1 Å². The number of piperidine rings is 1. The molecule has 1 aromatic rings. The van der Waals surface area contributed by atoms with Gasteiger partial charge in [-0.25, -0.2) is 4.79 Å². The maximum absolute atomic E-state index is 12.1. The number of nitrogens with two attached hydrogens (primary N) is 1. The third-order valence-corrected chi connectivity index (χ3v) is 4.14. The molecule has 1 saturated heterocycles. The Morgan fingerprint density at radius 1 is 1.23 bits per heavy atom. The van der Waals surface area contributed by atoms with Gasteiger partial charge in [0, 0.05) is 24.5 Å². The number of benzene rings is 1. The minimum Gasteiger partial charge on any atom is -0.456 e. The van der Waals surface area contributed by atoms with Crippen molar-refractivity contribution in [2.24, 2.45) is 5.41 Å². The Labute approximate surface area is 133 Å². The highest BCUT2D eigenvalue weighted by molar-refractivity contribution is 5.96. The molecule has 0 aliphatic carbocycles. The molecule has 0 unspecified atom stereocenters. The molecule has 4 nitrogen and oxygen atoms in total. The Hall–Kier alpha value is -1.71. The molecule has 0 saturated carbocycles. The summed E-state index contributed by atoms with van der Waals surface area (Å²) in [5.74, 6) is -0.365. The second kappa shape index (κ2) is 5.82. The first-order valence-electron chi connectivity index (χ1n) is 7.95. The fourth-order valence-corrected chi connectivity index (χ4v) is 2.64. The number of ether oxygens (including phenoxy) is 1. The Morgan fingerprint density at radius 3 is 2.32 bits per heavy atom. The van der Waals surface area contributed by atoms with Crippen molar-refractivity contribution < 1.29 is 9.53 Å². The van der Waals surface area contributed by atoms with Crippen molar-refractivity contribution in [3.05, 3.63) is 23.8 Å². The van der Waals surface area contributed by atoms with Crippen LogP contribution in [0.15, 0.2) is 18.2 Å². The van der Waals surface area contributed by atoms with Crippen LogP contribution in [-0.2, 0) is 4.74 Å². The molecule has 0 atom stereocenters. The summed E-state index contributed by atoms with van der Waals surface area (Å²) in [5.41, 5.74) is 7.98. The number of carbonyl (C=O) groups excluding carboxylic acids is 1. The fraction of sp³-hybridized carbons (Fsp3) is 0.611. The van der Waals surface area contributed by atoms with Gasteiger partial charge in [-0.15, -0.1) is 0 Å². The van der Waals surface area contributed by atoms with Gasteiger partial charge in [0.15, 0.2) is 0 Å². The lowest BCUT2D eigenvalue weighted by molar-refractivity contribution is 0.00708. The number of anilines is 2. The predicted molar refractivity (Wildman–Crippen MR) is 91.3 cm³/mol. The van der Waals surface area contributed by atoms with E-state index < -0.39 is 5.60 Å². The molecule has 0 radical (unpaired) electrons. The van der Waals surface area contributed by atoms with Crippen molar-refractivity contribution in [1.29, 1.82) is 0 Å². The van der Waals surface area contributed by atoms with E-state index in [1.54, 1.807) is 6.07 Å². The molecule has 2 rings (SSSR count). The van der Waals surface area contributed by atoms with Crippen LogP contribution in [0.2, 0.25) is 0 Å². The van der Waals surface area contributed by atoms with Crippen LogP contribution in [-0.4, -0.2) is 24.7 Å². The Bertz CT molecular complexity index is 549. The van der Waals surface area contributed by atoms with Crippen LogP contribution in [0.25, 0.3) is 0 Å². The first kappa shape index (κ1) is 16.7. The molecule has 0 bridgehead atoms. The van der Waals surface area contributed by atoms with Gasteiger partial charge in [-0.3, -0.25) is 0 Å². The highest BCUT2D eigenvalue weighted by atomic mass is 16.6. The molecular weight excluding hydrogens is 276 g/mol. The Morgan fingerprint density at radius 2 is 1.82 bits per heavy atom. The predicted octanol–water partition coefficient (Wildman–Crippen LogP) is 3.85. The SMILES string of the molecule is CC1(C)CCN(c2ccc(C(=O)OC(C)(C)C)c(N)c2)CC1. The molecular formula is C18H28N2O2. The minimum absolute atomic E-state index is 0.365. The molecule has 1 aliphatic heterocycles. The largest absolute Gasteiger partial charge is 0.456 e. The highest BCUT2D eigenvalue weighted by Crippen LogP contribution is 2.33. The lowest BCUT2D eigenvalue weighted by Gasteiger charge is -2.38. The fourth-order valence-electron chi connectivity index (χ4n) is 2.64. The van der Waals surface area contributed by atoms with Crippen LogP contribution in [0.5, 0.6) is 0 Å². The van der Waals surface area contributed by atoms with Crippen LogP contribution >= 0.6 is 0 Å². The van der Waals surface area contributed by atoms with Crippen molar-refractivity contribution >= 4 is 17.3 Å². The molecule has 0 aromatic heterocycles. The molecule has 1 aliphatic rings. The number of rotatable bonds is 2. The number of nitrogen functional groups attached to an aromatic ring is 1. The van der Waals surface area contributed by atoms with Crippen molar-refractivity contribution in [1.82, 2.24) is 0 Å². The van der Waals surface area contributed by atoms with E-state index in [9.17, 15) is 4.79 Å². The third-order valence-electron chi connectivity index (χ3n) is 4.14. The normalized spacial score (nSPS) is 18.1. The van der Waals surface area contributed by atoms with E-state index in [0.29, 0.717) is 16.7 Å². The summed E-state index contributed by atoms with van der Waals surface area (Å²) in [5, 5.41) is 0. The van der Waals surface area contributed by atoms with Gasteiger partial charge in [-0.05, 0) is 57.2 Å². The first-order valence-corrected chi connectivity index (χ1v) is 7.95. The van der Waals surface area contributed by atoms with Gasteiger partial charge < -0.3 is 15.4 Å². The highest BCUT2D eigenvalue weighted by Gasteiger charge is 2.26. The van der Waals surface area contributed by atoms with Gasteiger partial charge in [0.25, 0.3) is 0 Å². The maximum Gasteiger partial charge on any atom is 0.340 e. The second-order valence-corrected chi connectivity index (χ2v) is 7.92. The van der Waals surface area contributed by atoms with E-state index in [4.69, 9.17) is 10.5 Å². The van der Waals surface area contributed by atoms with Crippen LogP contribution < -0.4 is 10.6 Å². The monoisotopic (exact) mass is 304 g/mol. The molecule has 4 heteroatoms. The molecule has 1 aromatic carbocycles. The zero-order chi connectivity index (χ0) is 16.5. The second-order valence-electron chi connectivity index (χ2n) is 7.92. The minimum atomic E-state index is -0.513. The number of hydrogen-bond acceptors (Lipinski definition) is 4. The van der Waals surface area contributed by atoms with Gasteiger partial charge in [-0.2, -0.15) is 0 Å². The average Bonchev–Trinajstić information content (AvgIpc) is 2.36. The van der Waals surface area contributed by atoms with Crippen LogP contribution in [0.4, 0.5) is 11.4 Å². The summed E-state index contributed by atoms with van der Waals surface area (Å²) in [6.45, 7) is 12.2. The maximum atomic E-state index is 12.1. The Kier molecular flexibility index (Phi) is 4.41. The first-order chi connectivity index (χ1) is 10.1. The van der Waals surface area contributed by atoms with E-state index in [2.05, 4.69) is 18.7 Å². The number of esters is 1. The molecule has 2 N–H and O–H groups in total. The van der Waals surface area contributed by atoms with Gasteiger partial charge in [0.05, 0.1) is 5.56 Å². The molecule has 1 heterocycles. The van der Waals surface area contributed by atoms with Gasteiger partial charge in [0.2, 0.25) is 0 Å². The standard InChI is InChI=1S/C18H28N2O2/c1-17(2,3)22-16(21)14-7-6-13(12-15(14)19)20-10-8-18(4,5)9-11-20/h6-7,12H,8-11,19H2,1-5H3. The summed E-state index contributed by atoms with van der Waals surface area (Å²) in [7, 11) is 0. The quantitative estimate of drug-likeness (QED) is 0.666. The molecule has 22 heavy (non-hydrogen) atoms. The molecule has 0 spiro atoms. The molecule has 1 fully saturated rings. The number of hydrogen-bond donors (Lipinski definition) is 1. The van der Waals surface area contributed by atoms with E-state index >= 15 is 0 Å². The summed E-state index contributed by atoms with van der Waals surface area (Å²) < 4.78 is 5.38. The van der Waals surface area contributed by atoms with Crippen LogP contribution in [0.3, 0.4) is 0 Å². The lowest BCUT2D eigenvalue weighted by atomic mass is 9.82. The Balaban J connectivity index is 2.12. The lowest BCUT2D eigenvalue weighted by Crippen LogP contribution is -2.37. The average molecular weight is 304 g/mol. The zero-order valence-electron chi connectivity index (χ0n) is 14.4. The van der Waals surface area contributed by atoms with Crippen LogP contribution in [0, 0.1) is 5.41 Å². The van der Waals surface area contributed by atoms with Crippen molar-refractivity contribution in [2.75, 3.05) is 23.7 Å².